The largest absolute Gasteiger partial charge is 0.508 e. The first-order valence-electron chi connectivity index (χ1n) is 4.91. The molecular weight excluding hydrogens is 202 g/mol. The predicted octanol–water partition coefficient (Wildman–Crippen LogP) is 2.10. The molecule has 1 aromatic carbocycles. The second kappa shape index (κ2) is 3.34. The summed E-state index contributed by atoms with van der Waals surface area (Å²) in [5.41, 5.74) is 2.66. The second-order valence-electron chi connectivity index (χ2n) is 3.50. The van der Waals surface area contributed by atoms with Gasteiger partial charge in [0, 0.05) is 18.0 Å². The fourth-order valence-corrected chi connectivity index (χ4v) is 1.72. The van der Waals surface area contributed by atoms with Crippen molar-refractivity contribution in [3.63, 3.8) is 0 Å². The highest BCUT2D eigenvalue weighted by molar-refractivity contribution is 5.64. The van der Waals surface area contributed by atoms with Crippen molar-refractivity contribution in [2.24, 2.45) is 0 Å². The van der Waals surface area contributed by atoms with E-state index in [9.17, 15) is 5.11 Å². The van der Waals surface area contributed by atoms with Gasteiger partial charge in [-0.1, -0.05) is 12.1 Å². The Balaban J connectivity index is 2.26. The molecule has 0 aliphatic heterocycles. The monoisotopic (exact) mass is 211 g/mol. The van der Waals surface area contributed by atoms with Gasteiger partial charge in [-0.3, -0.25) is 9.38 Å². The van der Waals surface area contributed by atoms with Crippen LogP contribution in [0.25, 0.3) is 16.9 Å². The summed E-state index contributed by atoms with van der Waals surface area (Å²) in [5, 5.41) is 9.44. The Kier molecular flexibility index (Phi) is 1.86. The zero-order chi connectivity index (χ0) is 11.0. The first-order valence-corrected chi connectivity index (χ1v) is 4.91. The Labute approximate surface area is 91.8 Å². The molecule has 78 valence electrons. The van der Waals surface area contributed by atoms with E-state index in [4.69, 9.17) is 0 Å². The molecule has 2 aromatic heterocycles. The number of hydrogen-bond acceptors (Lipinski definition) is 3. The van der Waals surface area contributed by atoms with E-state index in [0.717, 1.165) is 16.9 Å². The number of phenolic OH excluding ortho intramolecular Hbond substituents is 1. The molecule has 3 rings (SSSR count). The molecule has 0 saturated carbocycles. The number of hydrogen-bond donors (Lipinski definition) is 1. The van der Waals surface area contributed by atoms with Crippen LogP contribution in [0.3, 0.4) is 0 Å². The lowest BCUT2D eigenvalue weighted by Crippen LogP contribution is -1.88. The van der Waals surface area contributed by atoms with Crippen molar-refractivity contribution in [1.82, 2.24) is 14.4 Å². The summed E-state index contributed by atoms with van der Waals surface area (Å²) in [7, 11) is 0. The molecule has 0 aliphatic rings. The van der Waals surface area contributed by atoms with Gasteiger partial charge in [-0.2, -0.15) is 0 Å². The maximum atomic E-state index is 9.44. The summed E-state index contributed by atoms with van der Waals surface area (Å²) in [6.07, 6.45) is 7.03. The van der Waals surface area contributed by atoms with Crippen molar-refractivity contribution in [1.29, 1.82) is 0 Å². The number of phenols is 1. The average molecular weight is 211 g/mol. The lowest BCUT2D eigenvalue weighted by molar-refractivity contribution is 0.475. The molecule has 1 N–H and O–H groups in total. The van der Waals surface area contributed by atoms with Crippen molar-refractivity contribution in [2.45, 2.75) is 0 Å². The van der Waals surface area contributed by atoms with Crippen LogP contribution in [0.1, 0.15) is 0 Å². The van der Waals surface area contributed by atoms with Gasteiger partial charge in [0.1, 0.15) is 5.75 Å². The van der Waals surface area contributed by atoms with Gasteiger partial charge < -0.3 is 5.11 Å². The number of benzene rings is 1. The van der Waals surface area contributed by atoms with E-state index >= 15 is 0 Å². The molecule has 4 nitrogen and oxygen atoms in total. The van der Waals surface area contributed by atoms with E-state index in [2.05, 4.69) is 9.97 Å². The number of aromatic nitrogens is 3. The highest BCUT2D eigenvalue weighted by Crippen LogP contribution is 2.23. The summed E-state index contributed by atoms with van der Waals surface area (Å²) in [6.45, 7) is 0. The third-order valence-corrected chi connectivity index (χ3v) is 2.46. The zero-order valence-corrected chi connectivity index (χ0v) is 8.41. The molecule has 0 unspecified atom stereocenters. The van der Waals surface area contributed by atoms with Gasteiger partial charge >= 0.3 is 0 Å². The Hall–Kier alpha value is -2.36. The first kappa shape index (κ1) is 8.91. The minimum absolute atomic E-state index is 0.251. The SMILES string of the molecule is Oc1cccc(-c2cnc3cnccn23)c1. The van der Waals surface area contributed by atoms with Crippen molar-refractivity contribution >= 4 is 5.65 Å². The Morgan fingerprint density at radius 2 is 2.12 bits per heavy atom. The average Bonchev–Trinajstić information content (AvgIpc) is 2.72. The van der Waals surface area contributed by atoms with Crippen LogP contribution in [0.5, 0.6) is 5.75 Å². The molecule has 16 heavy (non-hydrogen) atoms. The van der Waals surface area contributed by atoms with E-state index in [1.165, 1.54) is 0 Å². The summed E-state index contributed by atoms with van der Waals surface area (Å²) < 4.78 is 1.93. The lowest BCUT2D eigenvalue weighted by Gasteiger charge is -2.01. The van der Waals surface area contributed by atoms with Gasteiger partial charge in [0.05, 0.1) is 18.1 Å². The van der Waals surface area contributed by atoms with Crippen molar-refractivity contribution in [3.05, 3.63) is 49.1 Å². The Bertz CT molecular complexity index is 645. The summed E-state index contributed by atoms with van der Waals surface area (Å²) in [5.74, 6) is 0.251. The maximum absolute atomic E-state index is 9.44. The molecule has 0 fully saturated rings. The molecule has 0 saturated heterocycles. The van der Waals surface area contributed by atoms with Crippen LogP contribution in [-0.4, -0.2) is 19.5 Å². The standard InChI is InChI=1S/C12H9N3O/c16-10-3-1-2-9(6-10)11-7-14-12-8-13-4-5-15(11)12/h1-8,16H. The second-order valence-corrected chi connectivity index (χ2v) is 3.50. The third kappa shape index (κ3) is 1.32. The van der Waals surface area contributed by atoms with Crippen molar-refractivity contribution in [2.75, 3.05) is 0 Å². The van der Waals surface area contributed by atoms with E-state index in [1.807, 2.05) is 22.7 Å². The van der Waals surface area contributed by atoms with Crippen LogP contribution < -0.4 is 0 Å². The molecule has 3 aromatic rings. The maximum Gasteiger partial charge on any atom is 0.155 e. The van der Waals surface area contributed by atoms with E-state index in [-0.39, 0.29) is 5.75 Å². The zero-order valence-electron chi connectivity index (χ0n) is 8.41. The quantitative estimate of drug-likeness (QED) is 0.670. The van der Waals surface area contributed by atoms with Crippen LogP contribution in [0.4, 0.5) is 0 Å². The topological polar surface area (TPSA) is 50.4 Å². The van der Waals surface area contributed by atoms with Crippen LogP contribution in [0.2, 0.25) is 0 Å². The van der Waals surface area contributed by atoms with Gasteiger partial charge in [0.15, 0.2) is 5.65 Å². The van der Waals surface area contributed by atoms with Gasteiger partial charge in [0.25, 0.3) is 0 Å². The molecule has 0 bridgehead atoms. The van der Waals surface area contributed by atoms with E-state index in [0.29, 0.717) is 0 Å². The Morgan fingerprint density at radius 3 is 3.00 bits per heavy atom. The molecule has 0 amide bonds. The van der Waals surface area contributed by atoms with Crippen LogP contribution in [0, 0.1) is 0 Å². The van der Waals surface area contributed by atoms with Crippen LogP contribution in [-0.2, 0) is 0 Å². The molecule has 4 heteroatoms. The van der Waals surface area contributed by atoms with Gasteiger partial charge in [0.2, 0.25) is 0 Å². The number of imidazole rings is 1. The number of aromatic hydroxyl groups is 1. The highest BCUT2D eigenvalue weighted by atomic mass is 16.3. The van der Waals surface area contributed by atoms with E-state index < -0.39 is 0 Å². The predicted molar refractivity (Wildman–Crippen MR) is 60.1 cm³/mol. The molecule has 0 aliphatic carbocycles. The molecule has 2 heterocycles. The van der Waals surface area contributed by atoms with Gasteiger partial charge in [-0.15, -0.1) is 0 Å². The van der Waals surface area contributed by atoms with Gasteiger partial charge in [-0.25, -0.2) is 4.98 Å². The number of rotatable bonds is 1. The van der Waals surface area contributed by atoms with Crippen molar-refractivity contribution < 1.29 is 5.11 Å². The molecule has 0 atom stereocenters. The minimum Gasteiger partial charge on any atom is -0.508 e. The molecule has 0 spiro atoms. The first-order chi connectivity index (χ1) is 7.84. The van der Waals surface area contributed by atoms with Crippen LogP contribution >= 0.6 is 0 Å². The minimum atomic E-state index is 0.251. The third-order valence-electron chi connectivity index (χ3n) is 2.46. The summed E-state index contributed by atoms with van der Waals surface area (Å²) in [4.78, 5) is 8.25. The summed E-state index contributed by atoms with van der Waals surface area (Å²) >= 11 is 0. The lowest BCUT2D eigenvalue weighted by atomic mass is 10.1. The van der Waals surface area contributed by atoms with Crippen molar-refractivity contribution in [3.8, 4) is 17.0 Å². The number of fused-ring (bicyclic) bond motifs is 1. The van der Waals surface area contributed by atoms with Crippen LogP contribution in [0.15, 0.2) is 49.1 Å². The normalized spacial score (nSPS) is 10.8. The molecular formula is C12H9N3O. The number of nitrogens with zero attached hydrogens (tertiary/aromatic N) is 3. The van der Waals surface area contributed by atoms with E-state index in [1.54, 1.807) is 30.7 Å². The molecule has 0 radical (unpaired) electrons. The smallest absolute Gasteiger partial charge is 0.155 e. The fraction of sp³-hybridized carbons (Fsp3) is 0. The summed E-state index contributed by atoms with van der Waals surface area (Å²) in [6, 6.07) is 7.10. The Morgan fingerprint density at radius 1 is 1.19 bits per heavy atom. The fourth-order valence-electron chi connectivity index (χ4n) is 1.72. The van der Waals surface area contributed by atoms with Gasteiger partial charge in [-0.05, 0) is 12.1 Å². The highest BCUT2D eigenvalue weighted by Gasteiger charge is 2.05.